The molecule has 1 fully saturated rings. The number of carbonyl (C=O) groups is 2. The number of para-hydroxylation sites is 1. The quantitative estimate of drug-likeness (QED) is 0.694. The third-order valence-corrected chi connectivity index (χ3v) is 5.51. The van der Waals surface area contributed by atoms with E-state index >= 15 is 0 Å². The van der Waals surface area contributed by atoms with Gasteiger partial charge in [0.2, 0.25) is 17.6 Å². The molecule has 0 radical (unpaired) electrons. The van der Waals surface area contributed by atoms with Crippen molar-refractivity contribution in [3.63, 3.8) is 0 Å². The normalized spacial score (nSPS) is 15.4. The summed E-state index contributed by atoms with van der Waals surface area (Å²) in [6.45, 7) is 1.09. The van der Waals surface area contributed by atoms with Crippen molar-refractivity contribution in [2.75, 3.05) is 13.1 Å². The highest BCUT2D eigenvalue weighted by atomic mass is 16.2. The Balaban J connectivity index is 1.56. The van der Waals surface area contributed by atoms with Gasteiger partial charge in [-0.15, -0.1) is 10.2 Å². The maximum atomic E-state index is 12.6. The number of hydrogen-bond donors (Lipinski definition) is 1. The van der Waals surface area contributed by atoms with Crippen LogP contribution in [0.4, 0.5) is 0 Å². The molecule has 9 heteroatoms. The van der Waals surface area contributed by atoms with Gasteiger partial charge in [-0.05, 0) is 25.0 Å². The van der Waals surface area contributed by atoms with Gasteiger partial charge < -0.3 is 10.6 Å². The first-order valence-corrected chi connectivity index (χ1v) is 9.36. The van der Waals surface area contributed by atoms with Crippen molar-refractivity contribution < 1.29 is 9.59 Å². The van der Waals surface area contributed by atoms with Gasteiger partial charge in [-0.3, -0.25) is 23.4 Å². The fraction of sp³-hybridized carbons (Fsp3) is 0.421. The van der Waals surface area contributed by atoms with Gasteiger partial charge in [-0.2, -0.15) is 0 Å². The number of likely N-dealkylation sites (tertiary alicyclic amines) is 1. The first kappa shape index (κ1) is 18.1. The zero-order valence-electron chi connectivity index (χ0n) is 15.7. The second-order valence-electron chi connectivity index (χ2n) is 7.19. The van der Waals surface area contributed by atoms with Crippen LogP contribution in [0.2, 0.25) is 0 Å². The van der Waals surface area contributed by atoms with E-state index in [-0.39, 0.29) is 23.3 Å². The number of nitrogens with two attached hydrogens (primary N) is 1. The molecule has 0 atom stereocenters. The predicted molar refractivity (Wildman–Crippen MR) is 103 cm³/mol. The molecule has 3 heterocycles. The van der Waals surface area contributed by atoms with Gasteiger partial charge in [0.15, 0.2) is 0 Å². The number of nitrogens with zero attached hydrogens (tertiary/aromatic N) is 5. The van der Waals surface area contributed by atoms with E-state index in [0.29, 0.717) is 55.8 Å². The van der Waals surface area contributed by atoms with E-state index in [1.54, 1.807) is 18.0 Å². The lowest BCUT2D eigenvalue weighted by atomic mass is 9.96. The van der Waals surface area contributed by atoms with Gasteiger partial charge >= 0.3 is 0 Å². The van der Waals surface area contributed by atoms with E-state index in [9.17, 15) is 14.4 Å². The number of piperidine rings is 1. The number of benzene rings is 1. The molecule has 0 spiro atoms. The van der Waals surface area contributed by atoms with Crippen LogP contribution in [0.25, 0.3) is 16.7 Å². The molecule has 0 aliphatic carbocycles. The number of primary amides is 1. The molecule has 9 nitrogen and oxygen atoms in total. The Bertz CT molecular complexity index is 1120. The summed E-state index contributed by atoms with van der Waals surface area (Å²) < 4.78 is 3.30. The summed E-state index contributed by atoms with van der Waals surface area (Å²) in [4.78, 5) is 38.1. The van der Waals surface area contributed by atoms with Crippen molar-refractivity contribution in [2.45, 2.75) is 25.7 Å². The minimum atomic E-state index is -0.292. The highest BCUT2D eigenvalue weighted by Gasteiger charge is 2.26. The summed E-state index contributed by atoms with van der Waals surface area (Å²) in [5, 5.41) is 8.95. The Labute approximate surface area is 160 Å². The number of amides is 2. The molecular weight excluding hydrogens is 360 g/mol. The minimum Gasteiger partial charge on any atom is -0.369 e. The van der Waals surface area contributed by atoms with Crippen LogP contribution in [-0.4, -0.2) is 49.0 Å². The van der Waals surface area contributed by atoms with Crippen molar-refractivity contribution in [3.05, 3.63) is 40.4 Å². The molecule has 2 N–H and O–H groups in total. The van der Waals surface area contributed by atoms with Crippen LogP contribution in [0, 0.1) is 5.92 Å². The number of fused-ring (bicyclic) bond motifs is 3. The van der Waals surface area contributed by atoms with Crippen LogP contribution in [0.1, 0.15) is 25.1 Å². The highest BCUT2D eigenvalue weighted by molar-refractivity contribution is 5.81. The summed E-state index contributed by atoms with van der Waals surface area (Å²) in [5.74, 6) is 0.682. The molecule has 0 saturated carbocycles. The van der Waals surface area contributed by atoms with E-state index in [1.807, 2.05) is 22.6 Å². The summed E-state index contributed by atoms with van der Waals surface area (Å²) >= 11 is 0. The Kier molecular flexibility index (Phi) is 4.58. The third-order valence-electron chi connectivity index (χ3n) is 5.51. The maximum Gasteiger partial charge on any atom is 0.262 e. The van der Waals surface area contributed by atoms with E-state index in [1.165, 1.54) is 4.57 Å². The molecule has 2 aromatic heterocycles. The lowest BCUT2D eigenvalue weighted by Gasteiger charge is -2.30. The second kappa shape index (κ2) is 7.06. The largest absolute Gasteiger partial charge is 0.369 e. The standard InChI is InChI=1S/C19H22N6O3/c1-23-18(28)13-4-2-3-5-14(13)25-15(21-22-19(23)25)6-7-16(26)24-10-8-12(9-11-24)17(20)27/h2-5,12H,6-11H2,1H3,(H2,20,27). The fourth-order valence-corrected chi connectivity index (χ4v) is 3.84. The lowest BCUT2D eigenvalue weighted by Crippen LogP contribution is -2.41. The number of carbonyl (C=O) groups excluding carboxylic acids is 2. The molecule has 3 aromatic rings. The topological polar surface area (TPSA) is 116 Å². The zero-order chi connectivity index (χ0) is 19.8. The van der Waals surface area contributed by atoms with Gasteiger partial charge in [-0.25, -0.2) is 0 Å². The first-order valence-electron chi connectivity index (χ1n) is 9.36. The van der Waals surface area contributed by atoms with Gasteiger partial charge in [0.25, 0.3) is 5.56 Å². The number of aromatic nitrogens is 4. The minimum absolute atomic E-state index is 0.0220. The predicted octanol–water partition coefficient (Wildman–Crippen LogP) is 0.238. The van der Waals surface area contributed by atoms with Gasteiger partial charge in [0.1, 0.15) is 5.82 Å². The Morgan fingerprint density at radius 3 is 2.61 bits per heavy atom. The first-order chi connectivity index (χ1) is 13.5. The van der Waals surface area contributed by atoms with Gasteiger partial charge in [0.05, 0.1) is 10.9 Å². The number of rotatable bonds is 4. The molecule has 0 unspecified atom stereocenters. The third kappa shape index (κ3) is 3.02. The fourth-order valence-electron chi connectivity index (χ4n) is 3.84. The molecule has 146 valence electrons. The van der Waals surface area contributed by atoms with Crippen LogP contribution in [0.5, 0.6) is 0 Å². The SMILES string of the molecule is Cn1c(=O)c2ccccc2n2c(CCC(=O)N3CCC(C(N)=O)CC3)nnc12. The average molecular weight is 382 g/mol. The maximum absolute atomic E-state index is 12.6. The average Bonchev–Trinajstić information content (AvgIpc) is 3.14. The summed E-state index contributed by atoms with van der Waals surface area (Å²) in [6, 6.07) is 7.31. The zero-order valence-corrected chi connectivity index (χ0v) is 15.7. The molecule has 28 heavy (non-hydrogen) atoms. The summed E-state index contributed by atoms with van der Waals surface area (Å²) in [6.07, 6.45) is 1.93. The number of hydrogen-bond acceptors (Lipinski definition) is 5. The van der Waals surface area contributed by atoms with Crippen molar-refractivity contribution >= 4 is 28.5 Å². The molecule has 2 amide bonds. The van der Waals surface area contributed by atoms with Crippen molar-refractivity contribution in [1.29, 1.82) is 0 Å². The molecule has 1 aliphatic rings. The molecule has 1 aliphatic heterocycles. The van der Waals surface area contributed by atoms with Crippen LogP contribution in [-0.2, 0) is 23.1 Å². The second-order valence-corrected chi connectivity index (χ2v) is 7.19. The van der Waals surface area contributed by atoms with E-state index in [4.69, 9.17) is 5.73 Å². The van der Waals surface area contributed by atoms with Crippen molar-refractivity contribution in [1.82, 2.24) is 24.1 Å². The van der Waals surface area contributed by atoms with Crippen LogP contribution in [0.15, 0.2) is 29.1 Å². The van der Waals surface area contributed by atoms with Crippen molar-refractivity contribution in [2.24, 2.45) is 18.7 Å². The Hall–Kier alpha value is -3.23. The Morgan fingerprint density at radius 1 is 1.18 bits per heavy atom. The van der Waals surface area contributed by atoms with Gasteiger partial charge in [-0.1, -0.05) is 12.1 Å². The van der Waals surface area contributed by atoms with E-state index in [0.717, 1.165) is 5.52 Å². The van der Waals surface area contributed by atoms with Crippen molar-refractivity contribution in [3.8, 4) is 0 Å². The molecular formula is C19H22N6O3. The smallest absolute Gasteiger partial charge is 0.262 e. The molecule has 4 rings (SSSR count). The van der Waals surface area contributed by atoms with Crippen LogP contribution < -0.4 is 11.3 Å². The van der Waals surface area contributed by atoms with Crippen LogP contribution in [0.3, 0.4) is 0 Å². The van der Waals surface area contributed by atoms with Gasteiger partial charge in [0, 0.05) is 38.9 Å². The van der Waals surface area contributed by atoms with Crippen LogP contribution >= 0.6 is 0 Å². The number of aryl methyl sites for hydroxylation is 2. The highest BCUT2D eigenvalue weighted by Crippen LogP contribution is 2.19. The monoisotopic (exact) mass is 382 g/mol. The van der Waals surface area contributed by atoms with E-state index in [2.05, 4.69) is 10.2 Å². The molecule has 1 aromatic carbocycles. The summed E-state index contributed by atoms with van der Waals surface area (Å²) in [7, 11) is 1.66. The molecule has 0 bridgehead atoms. The molecule has 1 saturated heterocycles. The summed E-state index contributed by atoms with van der Waals surface area (Å²) in [5.41, 5.74) is 5.95. The van der Waals surface area contributed by atoms with E-state index < -0.39 is 0 Å². The Morgan fingerprint density at radius 2 is 1.89 bits per heavy atom. The lowest BCUT2D eigenvalue weighted by molar-refractivity contribution is -0.134.